The number of carbonyl (C=O) groups is 1. The van der Waals surface area contributed by atoms with Gasteiger partial charge in [0.1, 0.15) is 0 Å². The molecule has 9 heteroatoms. The summed E-state index contributed by atoms with van der Waals surface area (Å²) in [6.07, 6.45) is 3.18. The molecule has 0 aliphatic carbocycles. The second-order valence-corrected chi connectivity index (χ2v) is 9.84. The Kier molecular flexibility index (Phi) is 7.03. The van der Waals surface area contributed by atoms with Crippen molar-refractivity contribution in [1.82, 2.24) is 9.62 Å². The van der Waals surface area contributed by atoms with Crippen molar-refractivity contribution in [2.45, 2.75) is 37.5 Å². The summed E-state index contributed by atoms with van der Waals surface area (Å²) in [7, 11) is -3.46. The van der Waals surface area contributed by atoms with Crippen molar-refractivity contribution < 1.29 is 17.9 Å². The van der Waals surface area contributed by atoms with E-state index in [0.717, 1.165) is 19.4 Å². The number of hydrogen-bond acceptors (Lipinski definition) is 4. The summed E-state index contributed by atoms with van der Waals surface area (Å²) < 4.78 is 32.3. The van der Waals surface area contributed by atoms with Gasteiger partial charge in [0.25, 0.3) is 0 Å². The summed E-state index contributed by atoms with van der Waals surface area (Å²) in [4.78, 5) is 12.3. The smallest absolute Gasteiger partial charge is 0.223 e. The van der Waals surface area contributed by atoms with Crippen molar-refractivity contribution in [1.29, 1.82) is 0 Å². The Labute approximate surface area is 170 Å². The molecule has 1 N–H and O–H groups in total. The summed E-state index contributed by atoms with van der Waals surface area (Å²) in [5, 5.41) is 3.68. The summed E-state index contributed by atoms with van der Waals surface area (Å²) in [6, 6.07) is 4.84. The minimum Gasteiger partial charge on any atom is -0.376 e. The SMILES string of the molecule is O=C(NC[C@H]1CCCO1)C1CCN(S(=O)(=O)Cc2ccc(Cl)c(Cl)c2)CC1. The third kappa shape index (κ3) is 5.57. The number of rotatable bonds is 6. The van der Waals surface area contributed by atoms with Gasteiger partial charge in [0, 0.05) is 32.2 Å². The Balaban J connectivity index is 1.49. The number of benzene rings is 1. The number of halogens is 2. The standard InChI is InChI=1S/C18H24Cl2N2O4S/c19-16-4-3-13(10-17(16)20)12-27(24,25)22-7-5-14(6-8-22)18(23)21-11-15-2-1-9-26-15/h3-4,10,14-15H,1-2,5-9,11-12H2,(H,21,23)/t15-/m1/s1. The van der Waals surface area contributed by atoms with Gasteiger partial charge in [0.2, 0.25) is 15.9 Å². The molecule has 2 fully saturated rings. The van der Waals surface area contributed by atoms with Crippen LogP contribution >= 0.6 is 23.2 Å². The van der Waals surface area contributed by atoms with Crippen LogP contribution in [0.15, 0.2) is 18.2 Å². The van der Waals surface area contributed by atoms with Gasteiger partial charge in [-0.05, 0) is 43.4 Å². The highest BCUT2D eigenvalue weighted by atomic mass is 35.5. The van der Waals surface area contributed by atoms with Gasteiger partial charge in [0.05, 0.1) is 21.9 Å². The average Bonchev–Trinajstić information content (AvgIpc) is 3.16. The number of amides is 1. The highest BCUT2D eigenvalue weighted by Crippen LogP contribution is 2.26. The lowest BCUT2D eigenvalue weighted by molar-refractivity contribution is -0.126. The van der Waals surface area contributed by atoms with E-state index >= 15 is 0 Å². The van der Waals surface area contributed by atoms with E-state index in [1.165, 1.54) is 4.31 Å². The van der Waals surface area contributed by atoms with Gasteiger partial charge in [-0.25, -0.2) is 12.7 Å². The Bertz CT molecular complexity index is 774. The van der Waals surface area contributed by atoms with Gasteiger partial charge in [0.15, 0.2) is 0 Å². The van der Waals surface area contributed by atoms with E-state index in [-0.39, 0.29) is 23.7 Å². The van der Waals surface area contributed by atoms with Crippen molar-refractivity contribution in [3.05, 3.63) is 33.8 Å². The number of piperidine rings is 1. The number of sulfonamides is 1. The van der Waals surface area contributed by atoms with E-state index in [2.05, 4.69) is 5.32 Å². The summed E-state index contributed by atoms with van der Waals surface area (Å²) in [5.74, 6) is -0.283. The summed E-state index contributed by atoms with van der Waals surface area (Å²) >= 11 is 11.8. The third-order valence-electron chi connectivity index (χ3n) is 5.08. The fourth-order valence-electron chi connectivity index (χ4n) is 3.49. The zero-order chi connectivity index (χ0) is 19.4. The summed E-state index contributed by atoms with van der Waals surface area (Å²) in [6.45, 7) is 1.99. The van der Waals surface area contributed by atoms with E-state index in [4.69, 9.17) is 27.9 Å². The molecular weight excluding hydrogens is 411 g/mol. The largest absolute Gasteiger partial charge is 0.376 e. The van der Waals surface area contributed by atoms with Crippen LogP contribution in [0.25, 0.3) is 0 Å². The van der Waals surface area contributed by atoms with Gasteiger partial charge in [-0.1, -0.05) is 29.3 Å². The van der Waals surface area contributed by atoms with Crippen LogP contribution in [-0.2, 0) is 25.3 Å². The van der Waals surface area contributed by atoms with Crippen molar-refractivity contribution in [3.8, 4) is 0 Å². The first kappa shape index (κ1) is 20.9. The lowest BCUT2D eigenvalue weighted by Gasteiger charge is -2.30. The molecule has 0 spiro atoms. The number of hydrogen-bond donors (Lipinski definition) is 1. The van der Waals surface area contributed by atoms with Gasteiger partial charge in [-0.3, -0.25) is 4.79 Å². The number of nitrogens with zero attached hydrogens (tertiary/aromatic N) is 1. The monoisotopic (exact) mass is 434 g/mol. The maximum Gasteiger partial charge on any atom is 0.223 e. The molecule has 27 heavy (non-hydrogen) atoms. The molecule has 2 heterocycles. The number of carbonyl (C=O) groups excluding carboxylic acids is 1. The molecule has 0 radical (unpaired) electrons. The quantitative estimate of drug-likeness (QED) is 0.746. The van der Waals surface area contributed by atoms with Crippen LogP contribution in [0.2, 0.25) is 10.0 Å². The molecule has 1 aromatic carbocycles. The topological polar surface area (TPSA) is 75.7 Å². The van der Waals surface area contributed by atoms with Gasteiger partial charge in [-0.15, -0.1) is 0 Å². The molecule has 0 saturated carbocycles. The predicted molar refractivity (Wildman–Crippen MR) is 105 cm³/mol. The van der Waals surface area contributed by atoms with E-state index < -0.39 is 10.0 Å². The Hall–Kier alpha value is -0.860. The van der Waals surface area contributed by atoms with Crippen LogP contribution in [0.5, 0.6) is 0 Å². The van der Waals surface area contributed by atoms with Crippen molar-refractivity contribution >= 4 is 39.1 Å². The van der Waals surface area contributed by atoms with Crippen LogP contribution in [-0.4, -0.2) is 51.0 Å². The molecule has 150 valence electrons. The molecule has 0 bridgehead atoms. The Morgan fingerprint density at radius 1 is 1.19 bits per heavy atom. The maximum absolute atomic E-state index is 12.7. The molecule has 3 rings (SSSR count). The molecular formula is C18H24Cl2N2O4S. The normalized spacial score (nSPS) is 22.1. The zero-order valence-electron chi connectivity index (χ0n) is 15.0. The lowest BCUT2D eigenvalue weighted by atomic mass is 9.97. The Morgan fingerprint density at radius 3 is 2.56 bits per heavy atom. The molecule has 1 aromatic rings. The van der Waals surface area contributed by atoms with E-state index in [1.807, 2.05) is 0 Å². The van der Waals surface area contributed by atoms with Crippen LogP contribution in [0, 0.1) is 5.92 Å². The molecule has 0 unspecified atom stereocenters. The van der Waals surface area contributed by atoms with Crippen molar-refractivity contribution in [2.24, 2.45) is 5.92 Å². The second kappa shape index (κ2) is 9.09. The number of nitrogens with one attached hydrogen (secondary N) is 1. The highest BCUT2D eigenvalue weighted by molar-refractivity contribution is 7.88. The minimum absolute atomic E-state index is 0.00738. The van der Waals surface area contributed by atoms with E-state index in [0.29, 0.717) is 48.1 Å². The molecule has 1 amide bonds. The van der Waals surface area contributed by atoms with Gasteiger partial charge in [-0.2, -0.15) is 0 Å². The Morgan fingerprint density at radius 2 is 1.93 bits per heavy atom. The van der Waals surface area contributed by atoms with E-state index in [1.54, 1.807) is 18.2 Å². The van der Waals surface area contributed by atoms with Crippen LogP contribution in [0.3, 0.4) is 0 Å². The number of ether oxygens (including phenoxy) is 1. The minimum atomic E-state index is -3.46. The molecule has 2 saturated heterocycles. The first-order valence-corrected chi connectivity index (χ1v) is 11.5. The highest BCUT2D eigenvalue weighted by Gasteiger charge is 2.31. The lowest BCUT2D eigenvalue weighted by Crippen LogP contribution is -2.44. The fraction of sp³-hybridized carbons (Fsp3) is 0.611. The van der Waals surface area contributed by atoms with Crippen molar-refractivity contribution in [3.63, 3.8) is 0 Å². The first-order chi connectivity index (χ1) is 12.8. The zero-order valence-corrected chi connectivity index (χ0v) is 17.3. The molecule has 1 atom stereocenters. The van der Waals surface area contributed by atoms with Crippen LogP contribution in [0.4, 0.5) is 0 Å². The van der Waals surface area contributed by atoms with Crippen LogP contribution in [0.1, 0.15) is 31.2 Å². The third-order valence-corrected chi connectivity index (χ3v) is 7.67. The van der Waals surface area contributed by atoms with Crippen LogP contribution < -0.4 is 5.32 Å². The molecule has 6 nitrogen and oxygen atoms in total. The van der Waals surface area contributed by atoms with Gasteiger partial charge < -0.3 is 10.1 Å². The second-order valence-electron chi connectivity index (χ2n) is 7.06. The van der Waals surface area contributed by atoms with E-state index in [9.17, 15) is 13.2 Å². The molecule has 2 aliphatic rings. The first-order valence-electron chi connectivity index (χ1n) is 9.16. The average molecular weight is 435 g/mol. The summed E-state index contributed by atoms with van der Waals surface area (Å²) in [5.41, 5.74) is 0.598. The van der Waals surface area contributed by atoms with Crippen molar-refractivity contribution in [2.75, 3.05) is 26.2 Å². The fourth-order valence-corrected chi connectivity index (χ4v) is 5.36. The molecule has 0 aromatic heterocycles. The predicted octanol–water partition coefficient (Wildman–Crippen LogP) is 2.83. The van der Waals surface area contributed by atoms with Gasteiger partial charge >= 0.3 is 0 Å². The molecule has 2 aliphatic heterocycles. The maximum atomic E-state index is 12.7.